The molecule has 0 spiro atoms. The van der Waals surface area contributed by atoms with E-state index in [9.17, 15) is 0 Å². The van der Waals surface area contributed by atoms with Crippen molar-refractivity contribution >= 4 is 5.96 Å². The van der Waals surface area contributed by atoms with Crippen LogP contribution >= 0.6 is 0 Å². The molecule has 0 amide bonds. The first-order valence-electron chi connectivity index (χ1n) is 11.5. The lowest BCUT2D eigenvalue weighted by Crippen LogP contribution is -2.53. The van der Waals surface area contributed by atoms with E-state index in [2.05, 4.69) is 67.1 Å². The van der Waals surface area contributed by atoms with Crippen molar-refractivity contribution in [1.29, 1.82) is 0 Å². The van der Waals surface area contributed by atoms with Crippen LogP contribution in [0, 0.1) is 0 Å². The van der Waals surface area contributed by atoms with E-state index in [1.807, 2.05) is 6.33 Å². The third kappa shape index (κ3) is 5.59. The van der Waals surface area contributed by atoms with Crippen LogP contribution in [0.15, 0.2) is 41.7 Å². The predicted molar refractivity (Wildman–Crippen MR) is 120 cm³/mol. The van der Waals surface area contributed by atoms with Crippen molar-refractivity contribution in [3.63, 3.8) is 0 Å². The fourth-order valence-corrected chi connectivity index (χ4v) is 4.45. The Morgan fingerprint density at radius 3 is 2.60 bits per heavy atom. The predicted octanol–water partition coefficient (Wildman–Crippen LogP) is 2.55. The van der Waals surface area contributed by atoms with Gasteiger partial charge in [-0.2, -0.15) is 0 Å². The summed E-state index contributed by atoms with van der Waals surface area (Å²) in [5.41, 5.74) is 1.39. The number of piperazine rings is 1. The molecule has 2 aromatic rings. The highest BCUT2D eigenvalue weighted by molar-refractivity contribution is 5.80. The van der Waals surface area contributed by atoms with Gasteiger partial charge in [-0.3, -0.25) is 9.89 Å². The van der Waals surface area contributed by atoms with Crippen LogP contribution in [0.3, 0.4) is 0 Å². The summed E-state index contributed by atoms with van der Waals surface area (Å²) in [5, 5.41) is 12.0. The molecule has 0 bridgehead atoms. The first-order valence-corrected chi connectivity index (χ1v) is 11.5. The molecular weight excluding hydrogens is 374 g/mol. The number of rotatable bonds is 7. The SMILES string of the molecule is CCc1nncn1CCN=C(NC1CCCC1)N1CCN(Cc2ccccc2)CC1. The van der Waals surface area contributed by atoms with Crippen LogP contribution in [-0.4, -0.2) is 69.3 Å². The topological polar surface area (TPSA) is 61.6 Å². The molecule has 0 unspecified atom stereocenters. The Balaban J connectivity index is 1.34. The van der Waals surface area contributed by atoms with Crippen molar-refractivity contribution in [2.24, 2.45) is 4.99 Å². The fraction of sp³-hybridized carbons (Fsp3) is 0.609. The lowest BCUT2D eigenvalue weighted by atomic mass is 10.2. The zero-order valence-corrected chi connectivity index (χ0v) is 18.2. The molecular formula is C23H35N7. The van der Waals surface area contributed by atoms with E-state index in [4.69, 9.17) is 4.99 Å². The summed E-state index contributed by atoms with van der Waals surface area (Å²) in [6.45, 7) is 8.94. The molecule has 1 aliphatic heterocycles. The van der Waals surface area contributed by atoms with Crippen LogP contribution in [-0.2, 0) is 19.5 Å². The molecule has 1 saturated carbocycles. The zero-order valence-electron chi connectivity index (χ0n) is 18.2. The van der Waals surface area contributed by atoms with E-state index < -0.39 is 0 Å². The van der Waals surface area contributed by atoms with Crippen LogP contribution in [0.1, 0.15) is 44.0 Å². The smallest absolute Gasteiger partial charge is 0.194 e. The average Bonchev–Trinajstić information content (AvgIpc) is 3.46. The molecule has 2 aliphatic rings. The summed E-state index contributed by atoms with van der Waals surface area (Å²) in [6, 6.07) is 11.4. The highest BCUT2D eigenvalue weighted by Gasteiger charge is 2.23. The Hall–Kier alpha value is -2.41. The number of nitrogens with zero attached hydrogens (tertiary/aromatic N) is 6. The van der Waals surface area contributed by atoms with Crippen molar-refractivity contribution < 1.29 is 0 Å². The Labute approximate surface area is 180 Å². The van der Waals surface area contributed by atoms with Gasteiger partial charge in [0.1, 0.15) is 12.2 Å². The molecule has 2 fully saturated rings. The standard InChI is InChI=1S/C23H35N7/c1-2-22-27-25-19-30(22)13-12-24-23(26-21-10-6-7-11-21)29-16-14-28(15-17-29)18-20-8-4-3-5-9-20/h3-5,8-9,19,21H,2,6-7,10-18H2,1H3,(H,24,26). The summed E-state index contributed by atoms with van der Waals surface area (Å²) in [7, 11) is 0. The van der Waals surface area contributed by atoms with Gasteiger partial charge in [-0.15, -0.1) is 10.2 Å². The first kappa shape index (κ1) is 20.8. The zero-order chi connectivity index (χ0) is 20.6. The Morgan fingerprint density at radius 1 is 1.10 bits per heavy atom. The molecule has 1 N–H and O–H groups in total. The number of hydrogen-bond donors (Lipinski definition) is 1. The van der Waals surface area contributed by atoms with Crippen LogP contribution in [0.5, 0.6) is 0 Å². The van der Waals surface area contributed by atoms with E-state index in [1.54, 1.807) is 0 Å². The minimum atomic E-state index is 0.576. The van der Waals surface area contributed by atoms with Crippen molar-refractivity contribution in [3.05, 3.63) is 48.0 Å². The monoisotopic (exact) mass is 409 g/mol. The Bertz CT molecular complexity index is 787. The number of guanidine groups is 1. The molecule has 0 radical (unpaired) electrons. The van der Waals surface area contributed by atoms with Gasteiger partial charge in [-0.1, -0.05) is 50.1 Å². The number of aliphatic imine (C=N–C) groups is 1. The molecule has 4 rings (SSSR count). The molecule has 1 aromatic heterocycles. The van der Waals surface area contributed by atoms with Crippen molar-refractivity contribution in [3.8, 4) is 0 Å². The van der Waals surface area contributed by atoms with Crippen LogP contribution in [0.4, 0.5) is 0 Å². The van der Waals surface area contributed by atoms with Crippen LogP contribution in [0.2, 0.25) is 0 Å². The van der Waals surface area contributed by atoms with E-state index in [0.29, 0.717) is 6.04 Å². The molecule has 162 valence electrons. The first-order chi connectivity index (χ1) is 14.8. The highest BCUT2D eigenvalue weighted by Crippen LogP contribution is 2.18. The van der Waals surface area contributed by atoms with Gasteiger partial charge >= 0.3 is 0 Å². The molecule has 30 heavy (non-hydrogen) atoms. The van der Waals surface area contributed by atoms with Crippen molar-refractivity contribution in [2.75, 3.05) is 32.7 Å². The largest absolute Gasteiger partial charge is 0.354 e. The molecule has 7 nitrogen and oxygen atoms in total. The molecule has 1 saturated heterocycles. The maximum Gasteiger partial charge on any atom is 0.194 e. The second-order valence-electron chi connectivity index (χ2n) is 8.37. The summed E-state index contributed by atoms with van der Waals surface area (Å²) in [4.78, 5) is 10.0. The van der Waals surface area contributed by atoms with E-state index >= 15 is 0 Å². The lowest BCUT2D eigenvalue weighted by molar-refractivity contribution is 0.171. The van der Waals surface area contributed by atoms with Crippen molar-refractivity contribution in [1.82, 2.24) is 29.9 Å². The quantitative estimate of drug-likeness (QED) is 0.563. The van der Waals surface area contributed by atoms with Gasteiger partial charge in [0.15, 0.2) is 5.96 Å². The lowest BCUT2D eigenvalue weighted by Gasteiger charge is -2.37. The summed E-state index contributed by atoms with van der Waals surface area (Å²) >= 11 is 0. The van der Waals surface area contributed by atoms with Gasteiger partial charge in [0.2, 0.25) is 0 Å². The van der Waals surface area contributed by atoms with E-state index in [-0.39, 0.29) is 0 Å². The van der Waals surface area contributed by atoms with Crippen LogP contribution < -0.4 is 5.32 Å². The Morgan fingerprint density at radius 2 is 1.87 bits per heavy atom. The van der Waals surface area contributed by atoms with Gasteiger partial charge in [-0.05, 0) is 18.4 Å². The van der Waals surface area contributed by atoms with Gasteiger partial charge in [0.25, 0.3) is 0 Å². The Kier molecular flexibility index (Phi) is 7.34. The summed E-state index contributed by atoms with van der Waals surface area (Å²) < 4.78 is 2.12. The second kappa shape index (κ2) is 10.6. The van der Waals surface area contributed by atoms with Crippen LogP contribution in [0.25, 0.3) is 0 Å². The van der Waals surface area contributed by atoms with E-state index in [1.165, 1.54) is 31.2 Å². The molecule has 1 aromatic carbocycles. The summed E-state index contributed by atoms with van der Waals surface area (Å²) in [6.07, 6.45) is 7.91. The molecule has 7 heteroatoms. The maximum atomic E-state index is 5.01. The summed E-state index contributed by atoms with van der Waals surface area (Å²) in [5.74, 6) is 2.12. The van der Waals surface area contributed by atoms with Gasteiger partial charge in [0.05, 0.1) is 6.54 Å². The number of aryl methyl sites for hydroxylation is 1. The van der Waals surface area contributed by atoms with Gasteiger partial charge in [-0.25, -0.2) is 0 Å². The third-order valence-corrected chi connectivity index (χ3v) is 6.22. The maximum absolute atomic E-state index is 5.01. The number of nitrogens with one attached hydrogen (secondary N) is 1. The molecule has 0 atom stereocenters. The van der Waals surface area contributed by atoms with E-state index in [0.717, 1.165) is 64.0 Å². The minimum absolute atomic E-state index is 0.576. The van der Waals surface area contributed by atoms with Gasteiger partial charge in [0, 0.05) is 51.7 Å². The number of hydrogen-bond acceptors (Lipinski definition) is 4. The molecule has 1 aliphatic carbocycles. The highest BCUT2D eigenvalue weighted by atomic mass is 15.4. The third-order valence-electron chi connectivity index (χ3n) is 6.22. The van der Waals surface area contributed by atoms with Gasteiger partial charge < -0.3 is 14.8 Å². The van der Waals surface area contributed by atoms with Crippen molar-refractivity contribution in [2.45, 2.75) is 58.2 Å². The minimum Gasteiger partial charge on any atom is -0.354 e. The second-order valence-corrected chi connectivity index (χ2v) is 8.37. The normalized spacial score (nSPS) is 18.8. The molecule has 2 heterocycles. The number of aromatic nitrogens is 3. The fourth-order valence-electron chi connectivity index (χ4n) is 4.45. The number of benzene rings is 1. The average molecular weight is 410 g/mol.